The van der Waals surface area contributed by atoms with Crippen LogP contribution >= 0.6 is 0 Å². The van der Waals surface area contributed by atoms with E-state index in [1.54, 1.807) is 0 Å². The second kappa shape index (κ2) is 5.46. The number of anilines is 1. The van der Waals surface area contributed by atoms with Gasteiger partial charge < -0.3 is 15.2 Å². The average Bonchev–Trinajstić information content (AvgIpc) is 2.67. The quantitative estimate of drug-likeness (QED) is 0.872. The van der Waals surface area contributed by atoms with Crippen molar-refractivity contribution in [1.82, 2.24) is 14.9 Å². The van der Waals surface area contributed by atoms with E-state index in [-0.39, 0.29) is 5.91 Å². The van der Waals surface area contributed by atoms with Gasteiger partial charge in [-0.3, -0.25) is 4.79 Å². The first kappa shape index (κ1) is 12.9. The third-order valence-electron chi connectivity index (χ3n) is 3.45. The number of nitrogens with one attached hydrogen (secondary N) is 2. The second-order valence-corrected chi connectivity index (χ2v) is 4.97. The maximum atomic E-state index is 11.2. The van der Waals surface area contributed by atoms with Crippen LogP contribution in [0.15, 0.2) is 30.5 Å². The number of rotatable bonds is 2. The number of amides is 1. The molecule has 0 unspecified atom stereocenters. The summed E-state index contributed by atoms with van der Waals surface area (Å²) in [5, 5.41) is 6.20. The highest BCUT2D eigenvalue weighted by atomic mass is 16.1. The van der Waals surface area contributed by atoms with Gasteiger partial charge >= 0.3 is 0 Å². The van der Waals surface area contributed by atoms with Crippen molar-refractivity contribution >= 4 is 11.6 Å². The van der Waals surface area contributed by atoms with Gasteiger partial charge in [-0.05, 0) is 12.1 Å². The van der Waals surface area contributed by atoms with E-state index >= 15 is 0 Å². The minimum atomic E-state index is -0.0570. The molecule has 1 aliphatic heterocycles. The van der Waals surface area contributed by atoms with Gasteiger partial charge in [0.05, 0.1) is 11.9 Å². The molecule has 0 aliphatic carbocycles. The summed E-state index contributed by atoms with van der Waals surface area (Å²) in [6.45, 7) is 4.38. The second-order valence-electron chi connectivity index (χ2n) is 4.97. The van der Waals surface area contributed by atoms with Crippen molar-refractivity contribution in [3.63, 3.8) is 0 Å². The van der Waals surface area contributed by atoms with E-state index < -0.39 is 0 Å². The molecule has 2 heterocycles. The van der Waals surface area contributed by atoms with Crippen LogP contribution in [0, 0.1) is 0 Å². The Labute approximate surface area is 118 Å². The molecule has 0 atom stereocenters. The molecule has 0 fully saturated rings. The lowest BCUT2D eigenvalue weighted by Gasteiger charge is -2.10. The van der Waals surface area contributed by atoms with Crippen molar-refractivity contribution in [2.75, 3.05) is 18.4 Å². The third kappa shape index (κ3) is 2.58. The van der Waals surface area contributed by atoms with Gasteiger partial charge in [-0.15, -0.1) is 0 Å². The fraction of sp³-hybridized carbons (Fsp3) is 0.333. The molecule has 0 bridgehead atoms. The minimum Gasteiger partial charge on any atom is -0.327 e. The molecular weight excluding hydrogens is 252 g/mol. The summed E-state index contributed by atoms with van der Waals surface area (Å²) in [6, 6.07) is 7.89. The number of carbonyl (C=O) groups excluding carboxylic acids is 1. The molecule has 1 aromatic heterocycles. The number of carbonyl (C=O) groups is 1. The highest BCUT2D eigenvalue weighted by Gasteiger charge is 2.14. The molecule has 1 aliphatic rings. The van der Waals surface area contributed by atoms with Gasteiger partial charge in [0.15, 0.2) is 0 Å². The van der Waals surface area contributed by atoms with Gasteiger partial charge in [-0.1, -0.05) is 12.1 Å². The molecule has 2 aromatic rings. The van der Waals surface area contributed by atoms with Crippen LogP contribution in [0.25, 0.3) is 11.3 Å². The van der Waals surface area contributed by atoms with E-state index in [2.05, 4.69) is 20.2 Å². The number of hydrogen-bond acceptors (Lipinski definition) is 3. The third-order valence-corrected chi connectivity index (χ3v) is 3.45. The molecule has 1 aromatic carbocycles. The van der Waals surface area contributed by atoms with Crippen LogP contribution in [0.5, 0.6) is 0 Å². The SMILES string of the molecule is CC(=O)Nc1cccc(-c2cnc3n2CCNCC3)c1. The smallest absolute Gasteiger partial charge is 0.221 e. The van der Waals surface area contributed by atoms with E-state index in [0.29, 0.717) is 0 Å². The van der Waals surface area contributed by atoms with Crippen molar-refractivity contribution in [1.29, 1.82) is 0 Å². The predicted octanol–water partition coefficient (Wildman–Crippen LogP) is 1.65. The van der Waals surface area contributed by atoms with Crippen LogP contribution in [0.3, 0.4) is 0 Å². The van der Waals surface area contributed by atoms with E-state index in [9.17, 15) is 4.79 Å². The van der Waals surface area contributed by atoms with E-state index in [1.165, 1.54) is 6.92 Å². The van der Waals surface area contributed by atoms with Gasteiger partial charge in [-0.2, -0.15) is 0 Å². The largest absolute Gasteiger partial charge is 0.327 e. The molecule has 0 radical (unpaired) electrons. The first-order valence-electron chi connectivity index (χ1n) is 6.87. The summed E-state index contributed by atoms with van der Waals surface area (Å²) in [5.41, 5.74) is 3.00. The summed E-state index contributed by atoms with van der Waals surface area (Å²) >= 11 is 0. The first-order valence-corrected chi connectivity index (χ1v) is 6.87. The van der Waals surface area contributed by atoms with Crippen LogP contribution in [0.1, 0.15) is 12.7 Å². The zero-order chi connectivity index (χ0) is 13.9. The Morgan fingerprint density at radius 2 is 2.30 bits per heavy atom. The Hall–Kier alpha value is -2.14. The molecule has 104 valence electrons. The van der Waals surface area contributed by atoms with Crippen LogP contribution in [0.2, 0.25) is 0 Å². The Morgan fingerprint density at radius 3 is 3.15 bits per heavy atom. The molecule has 5 nitrogen and oxygen atoms in total. The Morgan fingerprint density at radius 1 is 1.40 bits per heavy atom. The Balaban J connectivity index is 1.97. The maximum Gasteiger partial charge on any atom is 0.221 e. The lowest BCUT2D eigenvalue weighted by molar-refractivity contribution is -0.114. The highest BCUT2D eigenvalue weighted by molar-refractivity contribution is 5.89. The molecule has 2 N–H and O–H groups in total. The number of nitrogens with zero attached hydrogens (tertiary/aromatic N) is 2. The predicted molar refractivity (Wildman–Crippen MR) is 78.5 cm³/mol. The van der Waals surface area contributed by atoms with Crippen molar-refractivity contribution in [2.45, 2.75) is 19.9 Å². The standard InChI is InChI=1S/C15H18N4O/c1-11(20)18-13-4-2-3-12(9-13)14-10-17-15-5-6-16-7-8-19(14)15/h2-4,9-10,16H,5-8H2,1H3,(H,18,20). The highest BCUT2D eigenvalue weighted by Crippen LogP contribution is 2.24. The minimum absolute atomic E-state index is 0.0570. The molecule has 0 saturated heterocycles. The zero-order valence-corrected chi connectivity index (χ0v) is 11.5. The summed E-state index contributed by atoms with van der Waals surface area (Å²) < 4.78 is 2.26. The summed E-state index contributed by atoms with van der Waals surface area (Å²) in [6.07, 6.45) is 2.87. The van der Waals surface area contributed by atoms with Crippen LogP contribution in [-0.4, -0.2) is 28.5 Å². The summed E-state index contributed by atoms with van der Waals surface area (Å²) in [5.74, 6) is 1.06. The van der Waals surface area contributed by atoms with Gasteiger partial charge in [0, 0.05) is 44.2 Å². The number of aromatic nitrogens is 2. The number of fused-ring (bicyclic) bond motifs is 1. The van der Waals surface area contributed by atoms with Crippen molar-refractivity contribution in [2.24, 2.45) is 0 Å². The molecule has 0 spiro atoms. The monoisotopic (exact) mass is 270 g/mol. The summed E-state index contributed by atoms with van der Waals surface area (Å²) in [7, 11) is 0. The molecule has 20 heavy (non-hydrogen) atoms. The fourth-order valence-corrected chi connectivity index (χ4v) is 2.57. The van der Waals surface area contributed by atoms with Gasteiger partial charge in [0.1, 0.15) is 5.82 Å². The number of imidazole rings is 1. The number of hydrogen-bond donors (Lipinski definition) is 2. The van der Waals surface area contributed by atoms with Gasteiger partial charge in [-0.25, -0.2) is 4.98 Å². The average molecular weight is 270 g/mol. The lowest BCUT2D eigenvalue weighted by atomic mass is 10.1. The normalized spacial score (nSPS) is 14.4. The lowest BCUT2D eigenvalue weighted by Crippen LogP contribution is -2.17. The molecule has 3 rings (SSSR count). The van der Waals surface area contributed by atoms with Crippen molar-refractivity contribution in [3.8, 4) is 11.3 Å². The van der Waals surface area contributed by atoms with E-state index in [1.807, 2.05) is 30.5 Å². The van der Waals surface area contributed by atoms with Crippen molar-refractivity contribution in [3.05, 3.63) is 36.3 Å². The maximum absolute atomic E-state index is 11.2. The molecule has 5 heteroatoms. The molecule has 1 amide bonds. The molecular formula is C15H18N4O. The van der Waals surface area contributed by atoms with Crippen LogP contribution in [0.4, 0.5) is 5.69 Å². The van der Waals surface area contributed by atoms with Gasteiger partial charge in [0.25, 0.3) is 0 Å². The zero-order valence-electron chi connectivity index (χ0n) is 11.5. The number of benzene rings is 1. The Bertz CT molecular complexity index is 633. The van der Waals surface area contributed by atoms with E-state index in [0.717, 1.165) is 48.8 Å². The molecule has 0 saturated carbocycles. The van der Waals surface area contributed by atoms with Gasteiger partial charge in [0.2, 0.25) is 5.91 Å². The van der Waals surface area contributed by atoms with Crippen LogP contribution in [-0.2, 0) is 17.8 Å². The van der Waals surface area contributed by atoms with E-state index in [4.69, 9.17) is 0 Å². The first-order chi connectivity index (χ1) is 9.74. The van der Waals surface area contributed by atoms with Crippen molar-refractivity contribution < 1.29 is 4.79 Å². The fourth-order valence-electron chi connectivity index (χ4n) is 2.57. The Kier molecular flexibility index (Phi) is 3.52. The van der Waals surface area contributed by atoms with Crippen LogP contribution < -0.4 is 10.6 Å². The summed E-state index contributed by atoms with van der Waals surface area (Å²) in [4.78, 5) is 15.7. The topological polar surface area (TPSA) is 59.0 Å².